The fourth-order valence-electron chi connectivity index (χ4n) is 5.38. The maximum Gasteiger partial charge on any atom is 0.351 e. The van der Waals surface area contributed by atoms with Crippen LogP contribution in [0.15, 0.2) is 22.0 Å². The lowest BCUT2D eigenvalue weighted by molar-refractivity contribution is -0.167. The molecule has 0 spiro atoms. The van der Waals surface area contributed by atoms with Crippen LogP contribution in [0.3, 0.4) is 0 Å². The number of aromatic nitrogens is 6. The van der Waals surface area contributed by atoms with E-state index in [-0.39, 0.29) is 45.1 Å². The molecular weight excluding hydrogens is 699 g/mol. The number of carbonyl (C=O) groups excluding carboxylic acids is 2. The van der Waals surface area contributed by atoms with Crippen molar-refractivity contribution in [2.24, 2.45) is 11.5 Å². The van der Waals surface area contributed by atoms with E-state index >= 15 is 0 Å². The smallest absolute Gasteiger partial charge is 0.351 e. The van der Waals surface area contributed by atoms with Crippen molar-refractivity contribution >= 4 is 53.4 Å². The summed E-state index contributed by atoms with van der Waals surface area (Å²) in [6, 6.07) is 0. The number of nitrogens with zero attached hydrogens (tertiary/aromatic N) is 4. The van der Waals surface area contributed by atoms with Gasteiger partial charge in [0, 0.05) is 12.4 Å². The standard InChI is InChI=1S/C12H16N5O9P.C12H15N5O6/c13-7(20)3-1-17(8-4(3)9(21)16-12(14)15-8)10-5(18)6(19)11(26-10)25-2-27(22,23)24;13-8(21)3-1-17(9-5(3)10(22)16-12(14)15-9)11-7(20)6(19)4(2-18)23-11/h1,5-6,10-11,18-19H,2H2,(H2,13,20)(H2,22,23,24)(H3,14,15,16,21);1,4,6-7,11,18-20H,2H2,(H2,13,21)(H3,14,15,16,22)/t5-,6?,10+,11-;4-,6?,7+,11-/m01/s1. The number of rotatable bonds is 8. The maximum absolute atomic E-state index is 12.1. The Morgan fingerprint density at radius 1 is 0.820 bits per heavy atom. The van der Waals surface area contributed by atoms with Crippen LogP contribution in [0.2, 0.25) is 0 Å². The van der Waals surface area contributed by atoms with Crippen molar-refractivity contribution < 1.29 is 63.7 Å². The molecule has 2 fully saturated rings. The minimum atomic E-state index is -4.55. The van der Waals surface area contributed by atoms with E-state index in [1.54, 1.807) is 0 Å². The van der Waals surface area contributed by atoms with Crippen molar-refractivity contribution in [3.63, 3.8) is 0 Å². The van der Waals surface area contributed by atoms with Crippen molar-refractivity contribution in [2.75, 3.05) is 24.4 Å². The van der Waals surface area contributed by atoms with E-state index in [2.05, 4.69) is 19.9 Å². The second kappa shape index (κ2) is 13.5. The number of ether oxygens (including phenoxy) is 3. The van der Waals surface area contributed by atoms with Gasteiger partial charge >= 0.3 is 7.60 Å². The lowest BCUT2D eigenvalue weighted by Gasteiger charge is -2.17. The number of aliphatic hydroxyl groups is 5. The van der Waals surface area contributed by atoms with Crippen LogP contribution < -0.4 is 34.1 Å². The summed E-state index contributed by atoms with van der Waals surface area (Å²) >= 11 is 0. The van der Waals surface area contributed by atoms with Crippen molar-refractivity contribution in [1.82, 2.24) is 29.1 Å². The predicted molar refractivity (Wildman–Crippen MR) is 163 cm³/mol. The minimum Gasteiger partial charge on any atom is -0.394 e. The number of hydrogen-bond donors (Lipinski definition) is 13. The topological polar surface area (TPSA) is 426 Å². The third-order valence-corrected chi connectivity index (χ3v) is 8.08. The monoisotopic (exact) mass is 730 g/mol. The molecule has 2 saturated heterocycles. The number of fused-ring (bicyclic) bond motifs is 2. The van der Waals surface area contributed by atoms with E-state index in [0.717, 1.165) is 10.8 Å². The third kappa shape index (κ3) is 6.70. The summed E-state index contributed by atoms with van der Waals surface area (Å²) in [5.41, 5.74) is 19.5. The van der Waals surface area contributed by atoms with Crippen molar-refractivity contribution in [1.29, 1.82) is 0 Å². The first-order valence-corrected chi connectivity index (χ1v) is 15.8. The predicted octanol–water partition coefficient (Wildman–Crippen LogP) is -5.85. The molecule has 0 aliphatic carbocycles. The van der Waals surface area contributed by atoms with E-state index in [9.17, 15) is 44.2 Å². The molecule has 6 rings (SSSR count). The van der Waals surface area contributed by atoms with Gasteiger partial charge in [-0.3, -0.25) is 33.7 Å². The lowest BCUT2D eigenvalue weighted by Crippen LogP contribution is -2.33. The first-order chi connectivity index (χ1) is 23.3. The Kier molecular flexibility index (Phi) is 9.85. The molecule has 8 atom stereocenters. The molecular formula is C24H31N10O15P. The number of carbonyl (C=O) groups is 2. The minimum absolute atomic E-state index is 0.0325. The Labute approximate surface area is 275 Å². The molecule has 4 aromatic heterocycles. The van der Waals surface area contributed by atoms with Gasteiger partial charge in [0.1, 0.15) is 30.5 Å². The molecule has 26 heteroatoms. The number of aliphatic hydroxyl groups excluding tert-OH is 5. The molecule has 0 aromatic carbocycles. The van der Waals surface area contributed by atoms with Gasteiger partial charge in [-0.25, -0.2) is 0 Å². The van der Waals surface area contributed by atoms with E-state index in [0.29, 0.717) is 0 Å². The molecule has 2 amide bonds. The second-order valence-corrected chi connectivity index (χ2v) is 12.6. The van der Waals surface area contributed by atoms with Gasteiger partial charge < -0.3 is 81.6 Å². The fraction of sp³-hybridized carbons (Fsp3) is 0.417. The number of hydrogen-bond acceptors (Lipinski definition) is 17. The van der Waals surface area contributed by atoms with E-state index in [4.69, 9.17) is 52.0 Å². The number of nitrogens with one attached hydrogen (secondary N) is 2. The van der Waals surface area contributed by atoms with Crippen LogP contribution in [0.25, 0.3) is 22.1 Å². The van der Waals surface area contributed by atoms with Crippen LogP contribution in [-0.2, 0) is 18.8 Å². The normalized spacial score (nSPS) is 26.7. The zero-order chi connectivity index (χ0) is 37.0. The van der Waals surface area contributed by atoms with Crippen LogP contribution in [0.5, 0.6) is 0 Å². The zero-order valence-corrected chi connectivity index (χ0v) is 26.0. The fourth-order valence-corrected chi connectivity index (χ4v) is 5.72. The number of aromatic amines is 2. The van der Waals surface area contributed by atoms with Gasteiger partial charge in [-0.05, 0) is 0 Å². The van der Waals surface area contributed by atoms with Crippen LogP contribution in [-0.4, -0.2) is 126 Å². The van der Waals surface area contributed by atoms with Crippen LogP contribution in [0.4, 0.5) is 11.9 Å². The number of H-pyrrole nitrogens is 2. The first kappa shape index (κ1) is 36.5. The van der Waals surface area contributed by atoms with Gasteiger partial charge in [0.25, 0.3) is 22.9 Å². The number of anilines is 2. The second-order valence-electron chi connectivity index (χ2n) is 11.0. The highest BCUT2D eigenvalue weighted by Gasteiger charge is 2.46. The van der Waals surface area contributed by atoms with E-state index in [1.807, 2.05) is 0 Å². The molecule has 0 radical (unpaired) electrons. The van der Waals surface area contributed by atoms with Gasteiger partial charge in [-0.2, -0.15) is 9.97 Å². The molecule has 25 nitrogen and oxygen atoms in total. The van der Waals surface area contributed by atoms with Crippen molar-refractivity contribution in [3.05, 3.63) is 44.2 Å². The summed E-state index contributed by atoms with van der Waals surface area (Å²) < 4.78 is 28.6. The molecule has 0 saturated carbocycles. The van der Waals surface area contributed by atoms with Gasteiger partial charge in [0.2, 0.25) is 11.9 Å². The van der Waals surface area contributed by atoms with Gasteiger partial charge in [0.15, 0.2) is 36.4 Å². The highest BCUT2D eigenvalue weighted by atomic mass is 31.2. The van der Waals surface area contributed by atoms with Crippen LogP contribution >= 0.6 is 7.60 Å². The summed E-state index contributed by atoms with van der Waals surface area (Å²) in [5, 5.41) is 49.0. The summed E-state index contributed by atoms with van der Waals surface area (Å²) in [4.78, 5) is 77.3. The lowest BCUT2D eigenvalue weighted by atomic mass is 10.1. The molecule has 4 aromatic rings. The van der Waals surface area contributed by atoms with Crippen LogP contribution in [0.1, 0.15) is 33.2 Å². The summed E-state index contributed by atoms with van der Waals surface area (Å²) in [6.07, 6.45) is -10.1. The molecule has 6 heterocycles. The number of nitrogen functional groups attached to an aromatic ring is 2. The molecule has 2 aliphatic heterocycles. The maximum atomic E-state index is 12.1. The summed E-state index contributed by atoms with van der Waals surface area (Å²) in [5.74, 6) is -2.33. The Bertz CT molecular complexity index is 2120. The number of amides is 2. The molecule has 2 unspecified atom stereocenters. The van der Waals surface area contributed by atoms with Crippen LogP contribution in [0, 0.1) is 0 Å². The summed E-state index contributed by atoms with van der Waals surface area (Å²) in [7, 11) is -4.55. The molecule has 2 aliphatic rings. The molecule has 17 N–H and O–H groups in total. The number of nitrogens with two attached hydrogens (primary N) is 4. The molecule has 0 bridgehead atoms. The molecule has 272 valence electrons. The quantitative estimate of drug-likeness (QED) is 0.0751. The van der Waals surface area contributed by atoms with Gasteiger partial charge in [-0.1, -0.05) is 0 Å². The van der Waals surface area contributed by atoms with Gasteiger partial charge in [0.05, 0.1) is 28.5 Å². The Balaban J connectivity index is 0.000000197. The number of primary amides is 2. The highest BCUT2D eigenvalue weighted by Crippen LogP contribution is 2.38. The van der Waals surface area contributed by atoms with E-state index in [1.165, 1.54) is 10.8 Å². The zero-order valence-electron chi connectivity index (χ0n) is 25.1. The van der Waals surface area contributed by atoms with Crippen molar-refractivity contribution in [2.45, 2.75) is 49.3 Å². The summed E-state index contributed by atoms with van der Waals surface area (Å²) in [6.45, 7) is -0.521. The SMILES string of the molecule is NC(=O)c1cn([C@@H]2O[C@H](CO)C(O)[C@@H]2O)c2nc(N)[nH]c(=O)c12.NC(=O)c1cn([C@@H]2O[C@H](OCP(=O)(O)O)C(O)[C@@H]2O)c2nc(N)[nH]c(=O)c12. The average Bonchev–Trinajstić information content (AvgIpc) is 3.74. The van der Waals surface area contributed by atoms with Gasteiger partial charge in [-0.15, -0.1) is 0 Å². The molecule has 50 heavy (non-hydrogen) atoms. The van der Waals surface area contributed by atoms with E-state index < -0.39 is 92.7 Å². The average molecular weight is 731 g/mol. The third-order valence-electron chi connectivity index (χ3n) is 7.60. The highest BCUT2D eigenvalue weighted by molar-refractivity contribution is 7.51. The Morgan fingerprint density at radius 2 is 1.26 bits per heavy atom. The van der Waals surface area contributed by atoms with Crippen molar-refractivity contribution in [3.8, 4) is 0 Å². The Morgan fingerprint density at radius 3 is 1.66 bits per heavy atom. The first-order valence-electron chi connectivity index (χ1n) is 14.0. The Hall–Kier alpha value is -4.79. The largest absolute Gasteiger partial charge is 0.394 e.